The molecule has 3 heteroatoms. The Hall–Kier alpha value is -1.61. The molecule has 1 aromatic carbocycles. The van der Waals surface area contributed by atoms with Crippen LogP contribution in [-0.4, -0.2) is 24.9 Å². The second-order valence-corrected chi connectivity index (χ2v) is 4.81. The average Bonchev–Trinajstić information content (AvgIpc) is 2.78. The minimum absolute atomic E-state index is 0.0622. The highest BCUT2D eigenvalue weighted by Crippen LogP contribution is 2.28. The highest BCUT2D eigenvalue weighted by molar-refractivity contribution is 7.17. The summed E-state index contributed by atoms with van der Waals surface area (Å²) in [4.78, 5) is 15.2. The van der Waals surface area contributed by atoms with Crippen molar-refractivity contribution in [3.63, 3.8) is 0 Å². The molecule has 2 nitrogen and oxygen atoms in total. The van der Waals surface area contributed by atoms with E-state index in [0.29, 0.717) is 0 Å². The van der Waals surface area contributed by atoms with Gasteiger partial charge in [-0.1, -0.05) is 30.3 Å². The van der Waals surface area contributed by atoms with E-state index in [9.17, 15) is 4.79 Å². The van der Waals surface area contributed by atoms with Crippen LogP contribution in [0.25, 0.3) is 10.4 Å². The number of rotatable bonds is 2. The first kappa shape index (κ1) is 10.9. The maximum Gasteiger partial charge on any atom is 0.263 e. The molecule has 0 aliphatic carbocycles. The zero-order valence-corrected chi connectivity index (χ0v) is 10.1. The van der Waals surface area contributed by atoms with Crippen molar-refractivity contribution in [3.05, 3.63) is 47.3 Å². The molecule has 82 valence electrons. The van der Waals surface area contributed by atoms with Gasteiger partial charge < -0.3 is 4.90 Å². The zero-order chi connectivity index (χ0) is 11.5. The Morgan fingerprint density at radius 3 is 2.38 bits per heavy atom. The predicted octanol–water partition coefficient (Wildman–Crippen LogP) is 3.12. The first-order valence-corrected chi connectivity index (χ1v) is 5.87. The van der Waals surface area contributed by atoms with Crippen LogP contribution in [0.15, 0.2) is 42.5 Å². The third kappa shape index (κ3) is 2.14. The van der Waals surface area contributed by atoms with Crippen LogP contribution in [0.1, 0.15) is 9.67 Å². The molecule has 0 unspecified atom stereocenters. The topological polar surface area (TPSA) is 20.3 Å². The van der Waals surface area contributed by atoms with Gasteiger partial charge in [0, 0.05) is 19.0 Å². The summed E-state index contributed by atoms with van der Waals surface area (Å²) in [6.07, 6.45) is 0. The van der Waals surface area contributed by atoms with Gasteiger partial charge in [-0.05, 0) is 17.7 Å². The van der Waals surface area contributed by atoms with Crippen LogP contribution < -0.4 is 0 Å². The predicted molar refractivity (Wildman–Crippen MR) is 67.8 cm³/mol. The van der Waals surface area contributed by atoms with Crippen LogP contribution in [-0.2, 0) is 0 Å². The molecule has 0 fully saturated rings. The summed E-state index contributed by atoms with van der Waals surface area (Å²) in [5, 5.41) is 0. The lowest BCUT2D eigenvalue weighted by Gasteiger charge is -2.07. The van der Waals surface area contributed by atoms with Crippen LogP contribution in [0.5, 0.6) is 0 Å². The van der Waals surface area contributed by atoms with E-state index in [1.165, 1.54) is 11.3 Å². The van der Waals surface area contributed by atoms with E-state index >= 15 is 0 Å². The summed E-state index contributed by atoms with van der Waals surface area (Å²) in [6, 6.07) is 14.0. The molecule has 1 amide bonds. The normalized spacial score (nSPS) is 10.1. The van der Waals surface area contributed by atoms with Crippen molar-refractivity contribution in [1.82, 2.24) is 4.90 Å². The first-order valence-electron chi connectivity index (χ1n) is 5.05. The molecule has 0 spiro atoms. The van der Waals surface area contributed by atoms with Gasteiger partial charge in [0.15, 0.2) is 0 Å². The monoisotopic (exact) mass is 231 g/mol. The molecule has 0 bridgehead atoms. The molecule has 2 rings (SSSR count). The van der Waals surface area contributed by atoms with Crippen molar-refractivity contribution >= 4 is 17.2 Å². The summed E-state index contributed by atoms with van der Waals surface area (Å²) < 4.78 is 0. The number of hydrogen-bond donors (Lipinski definition) is 0. The number of carbonyl (C=O) groups is 1. The van der Waals surface area contributed by atoms with Crippen molar-refractivity contribution < 1.29 is 4.79 Å². The van der Waals surface area contributed by atoms with E-state index < -0.39 is 0 Å². The molecule has 0 radical (unpaired) electrons. The molecule has 1 aromatic heterocycles. The smallest absolute Gasteiger partial charge is 0.263 e. The third-order valence-electron chi connectivity index (χ3n) is 2.28. The molecule has 0 saturated carbocycles. The largest absolute Gasteiger partial charge is 0.344 e. The Bertz CT molecular complexity index is 488. The second kappa shape index (κ2) is 4.49. The molecule has 0 atom stereocenters. The molecule has 0 aliphatic heterocycles. The fourth-order valence-corrected chi connectivity index (χ4v) is 2.46. The SMILES string of the molecule is CN(C)C(=O)c1ccc(-c2ccccc2)s1. The van der Waals surface area contributed by atoms with E-state index in [0.717, 1.165) is 15.3 Å². The molecule has 2 aromatic rings. The Balaban J connectivity index is 2.30. The van der Waals surface area contributed by atoms with Crippen LogP contribution in [0.4, 0.5) is 0 Å². The van der Waals surface area contributed by atoms with Crippen LogP contribution in [0.2, 0.25) is 0 Å². The van der Waals surface area contributed by atoms with E-state index in [4.69, 9.17) is 0 Å². The zero-order valence-electron chi connectivity index (χ0n) is 9.31. The molecule has 16 heavy (non-hydrogen) atoms. The molecular weight excluding hydrogens is 218 g/mol. The van der Waals surface area contributed by atoms with Gasteiger partial charge in [-0.3, -0.25) is 4.79 Å². The van der Waals surface area contributed by atoms with Crippen LogP contribution in [0, 0.1) is 0 Å². The maximum atomic E-state index is 11.7. The standard InChI is InChI=1S/C13H13NOS/c1-14(2)13(15)12-9-8-11(16-12)10-6-4-3-5-7-10/h3-9H,1-2H3. The lowest BCUT2D eigenvalue weighted by molar-refractivity contribution is 0.0832. The fourth-order valence-electron chi connectivity index (χ4n) is 1.43. The Labute approximate surface area is 99.1 Å². The summed E-state index contributed by atoms with van der Waals surface area (Å²) in [5.74, 6) is 0.0622. The highest BCUT2D eigenvalue weighted by atomic mass is 32.1. The molecule has 0 N–H and O–H groups in total. The Kier molecular flexibility index (Phi) is 3.06. The van der Waals surface area contributed by atoms with Crippen LogP contribution in [0.3, 0.4) is 0 Å². The Morgan fingerprint density at radius 1 is 1.06 bits per heavy atom. The van der Waals surface area contributed by atoms with E-state index in [2.05, 4.69) is 12.1 Å². The van der Waals surface area contributed by atoms with Crippen molar-refractivity contribution in [3.8, 4) is 10.4 Å². The van der Waals surface area contributed by atoms with Gasteiger partial charge in [0.05, 0.1) is 4.88 Å². The summed E-state index contributed by atoms with van der Waals surface area (Å²) >= 11 is 1.53. The van der Waals surface area contributed by atoms with Gasteiger partial charge >= 0.3 is 0 Å². The van der Waals surface area contributed by atoms with Crippen molar-refractivity contribution in [1.29, 1.82) is 0 Å². The van der Waals surface area contributed by atoms with E-state index in [-0.39, 0.29) is 5.91 Å². The summed E-state index contributed by atoms with van der Waals surface area (Å²) in [5.41, 5.74) is 1.16. The number of amides is 1. The van der Waals surface area contributed by atoms with Gasteiger partial charge in [0.25, 0.3) is 5.91 Å². The quantitative estimate of drug-likeness (QED) is 0.777. The first-order chi connectivity index (χ1) is 7.68. The molecule has 0 aliphatic rings. The molecular formula is C13H13NOS. The Morgan fingerprint density at radius 2 is 1.75 bits per heavy atom. The maximum absolute atomic E-state index is 11.7. The minimum atomic E-state index is 0.0622. The minimum Gasteiger partial charge on any atom is -0.344 e. The van der Waals surface area contributed by atoms with E-state index in [1.54, 1.807) is 19.0 Å². The van der Waals surface area contributed by atoms with Crippen molar-refractivity contribution in [2.45, 2.75) is 0 Å². The van der Waals surface area contributed by atoms with Gasteiger partial charge in [-0.2, -0.15) is 0 Å². The number of carbonyl (C=O) groups excluding carboxylic acids is 1. The van der Waals surface area contributed by atoms with Gasteiger partial charge in [-0.25, -0.2) is 0 Å². The highest BCUT2D eigenvalue weighted by Gasteiger charge is 2.11. The van der Waals surface area contributed by atoms with E-state index in [1.807, 2.05) is 30.3 Å². The third-order valence-corrected chi connectivity index (χ3v) is 3.40. The lowest BCUT2D eigenvalue weighted by Crippen LogP contribution is -2.20. The number of hydrogen-bond acceptors (Lipinski definition) is 2. The second-order valence-electron chi connectivity index (χ2n) is 3.73. The average molecular weight is 231 g/mol. The molecule has 0 saturated heterocycles. The van der Waals surface area contributed by atoms with Crippen molar-refractivity contribution in [2.24, 2.45) is 0 Å². The van der Waals surface area contributed by atoms with Gasteiger partial charge in [0.1, 0.15) is 0 Å². The lowest BCUT2D eigenvalue weighted by atomic mass is 10.2. The number of thiophene rings is 1. The summed E-state index contributed by atoms with van der Waals surface area (Å²) in [6.45, 7) is 0. The fraction of sp³-hybridized carbons (Fsp3) is 0.154. The van der Waals surface area contributed by atoms with Crippen molar-refractivity contribution in [2.75, 3.05) is 14.1 Å². The molecule has 1 heterocycles. The van der Waals surface area contributed by atoms with Gasteiger partial charge in [-0.15, -0.1) is 11.3 Å². The number of benzene rings is 1. The number of nitrogens with zero attached hydrogens (tertiary/aromatic N) is 1. The van der Waals surface area contributed by atoms with Crippen LogP contribution >= 0.6 is 11.3 Å². The summed E-state index contributed by atoms with van der Waals surface area (Å²) in [7, 11) is 3.54. The van der Waals surface area contributed by atoms with Gasteiger partial charge in [0.2, 0.25) is 0 Å².